The van der Waals surface area contributed by atoms with Crippen molar-refractivity contribution in [2.75, 3.05) is 24.9 Å². The van der Waals surface area contributed by atoms with Crippen LogP contribution in [0.25, 0.3) is 0 Å². The van der Waals surface area contributed by atoms with Crippen LogP contribution in [-0.2, 0) is 6.54 Å². The molecule has 0 aliphatic carbocycles. The van der Waals surface area contributed by atoms with E-state index < -0.39 is 0 Å². The van der Waals surface area contributed by atoms with Crippen molar-refractivity contribution in [3.05, 3.63) is 72.2 Å². The standard InChI is InChI=1S/C20H20N4O3/c1-26-16-3-4-18(27-2)17(12-16)24-20(25)15-7-10-22-19(11-15)23-13-14-5-8-21-9-6-14/h3-12H,13H2,1-2H3,(H,22,23)(H,24,25). The normalized spacial score (nSPS) is 10.1. The second-order valence-corrected chi connectivity index (χ2v) is 5.66. The van der Waals surface area contributed by atoms with E-state index in [1.54, 1.807) is 63.1 Å². The summed E-state index contributed by atoms with van der Waals surface area (Å²) < 4.78 is 10.5. The molecule has 0 aliphatic heterocycles. The van der Waals surface area contributed by atoms with Gasteiger partial charge in [-0.2, -0.15) is 0 Å². The lowest BCUT2D eigenvalue weighted by Crippen LogP contribution is -2.13. The van der Waals surface area contributed by atoms with Crippen molar-refractivity contribution in [3.8, 4) is 11.5 Å². The first kappa shape index (κ1) is 18.2. The third-order valence-corrected chi connectivity index (χ3v) is 3.90. The van der Waals surface area contributed by atoms with Gasteiger partial charge in [0, 0.05) is 36.8 Å². The second-order valence-electron chi connectivity index (χ2n) is 5.66. The van der Waals surface area contributed by atoms with Gasteiger partial charge >= 0.3 is 0 Å². The fourth-order valence-electron chi connectivity index (χ4n) is 2.47. The van der Waals surface area contributed by atoms with Gasteiger partial charge in [0.25, 0.3) is 5.91 Å². The summed E-state index contributed by atoms with van der Waals surface area (Å²) in [6.45, 7) is 0.588. The van der Waals surface area contributed by atoms with Gasteiger partial charge in [0.1, 0.15) is 17.3 Å². The molecule has 0 saturated carbocycles. The fraction of sp³-hybridized carbons (Fsp3) is 0.150. The zero-order valence-corrected chi connectivity index (χ0v) is 15.1. The lowest BCUT2D eigenvalue weighted by Gasteiger charge is -2.12. The first-order valence-electron chi connectivity index (χ1n) is 8.32. The summed E-state index contributed by atoms with van der Waals surface area (Å²) in [5.74, 6) is 1.52. The Labute approximate surface area is 157 Å². The van der Waals surface area contributed by atoms with Gasteiger partial charge in [0.05, 0.1) is 19.9 Å². The largest absolute Gasteiger partial charge is 0.497 e. The highest BCUT2D eigenvalue weighted by Gasteiger charge is 2.12. The molecule has 0 aliphatic rings. The lowest BCUT2D eigenvalue weighted by atomic mass is 10.2. The minimum Gasteiger partial charge on any atom is -0.497 e. The molecule has 0 atom stereocenters. The number of aromatic nitrogens is 2. The van der Waals surface area contributed by atoms with Crippen LogP contribution in [0.5, 0.6) is 11.5 Å². The SMILES string of the molecule is COc1ccc(OC)c(NC(=O)c2ccnc(NCc3ccncc3)c2)c1. The van der Waals surface area contributed by atoms with Gasteiger partial charge in [-0.1, -0.05) is 0 Å². The van der Waals surface area contributed by atoms with Crippen molar-refractivity contribution in [3.63, 3.8) is 0 Å². The topological polar surface area (TPSA) is 85.4 Å². The number of benzene rings is 1. The van der Waals surface area contributed by atoms with E-state index in [-0.39, 0.29) is 5.91 Å². The zero-order chi connectivity index (χ0) is 19.1. The molecule has 0 radical (unpaired) electrons. The fourth-order valence-corrected chi connectivity index (χ4v) is 2.47. The minimum atomic E-state index is -0.268. The van der Waals surface area contributed by atoms with Crippen LogP contribution in [0.15, 0.2) is 61.1 Å². The number of carbonyl (C=O) groups is 1. The van der Waals surface area contributed by atoms with Crippen LogP contribution < -0.4 is 20.1 Å². The lowest BCUT2D eigenvalue weighted by molar-refractivity contribution is 0.102. The maximum absolute atomic E-state index is 12.6. The number of anilines is 2. The highest BCUT2D eigenvalue weighted by atomic mass is 16.5. The smallest absolute Gasteiger partial charge is 0.255 e. The molecule has 1 aromatic carbocycles. The summed E-state index contributed by atoms with van der Waals surface area (Å²) in [4.78, 5) is 20.9. The molecular formula is C20H20N4O3. The monoisotopic (exact) mass is 364 g/mol. The Kier molecular flexibility index (Phi) is 5.84. The van der Waals surface area contributed by atoms with Gasteiger partial charge < -0.3 is 20.1 Å². The van der Waals surface area contributed by atoms with Gasteiger partial charge in [-0.3, -0.25) is 9.78 Å². The van der Waals surface area contributed by atoms with Crippen LogP contribution in [0.1, 0.15) is 15.9 Å². The predicted octanol–water partition coefficient (Wildman–Crippen LogP) is 3.36. The highest BCUT2D eigenvalue weighted by molar-refractivity contribution is 6.05. The van der Waals surface area contributed by atoms with Crippen LogP contribution in [0, 0.1) is 0 Å². The van der Waals surface area contributed by atoms with Gasteiger partial charge in [-0.05, 0) is 42.0 Å². The molecule has 1 amide bonds. The maximum atomic E-state index is 12.6. The van der Waals surface area contributed by atoms with Crippen LogP contribution >= 0.6 is 0 Å². The molecule has 7 nitrogen and oxygen atoms in total. The quantitative estimate of drug-likeness (QED) is 0.669. The van der Waals surface area contributed by atoms with Crippen molar-refractivity contribution in [2.45, 2.75) is 6.54 Å². The third kappa shape index (κ3) is 4.72. The first-order chi connectivity index (χ1) is 13.2. The van der Waals surface area contributed by atoms with E-state index in [1.165, 1.54) is 0 Å². The number of amides is 1. The number of nitrogens with zero attached hydrogens (tertiary/aromatic N) is 2. The van der Waals surface area contributed by atoms with E-state index in [2.05, 4.69) is 20.6 Å². The molecule has 2 heterocycles. The summed E-state index contributed by atoms with van der Waals surface area (Å²) in [5.41, 5.74) is 2.08. The van der Waals surface area contributed by atoms with E-state index in [9.17, 15) is 4.79 Å². The average molecular weight is 364 g/mol. The Morgan fingerprint density at radius 3 is 2.56 bits per heavy atom. The Morgan fingerprint density at radius 1 is 1.00 bits per heavy atom. The van der Waals surface area contributed by atoms with Crippen LogP contribution in [0.3, 0.4) is 0 Å². The van der Waals surface area contributed by atoms with Gasteiger partial charge in [-0.15, -0.1) is 0 Å². The van der Waals surface area contributed by atoms with Crippen molar-refractivity contribution in [1.29, 1.82) is 0 Å². The Bertz CT molecular complexity index is 916. The average Bonchev–Trinajstić information content (AvgIpc) is 2.73. The number of ether oxygens (including phenoxy) is 2. The number of carbonyl (C=O) groups excluding carboxylic acids is 1. The molecule has 2 N–H and O–H groups in total. The molecule has 3 aromatic rings. The molecular weight excluding hydrogens is 344 g/mol. The van der Waals surface area contributed by atoms with Crippen LogP contribution in [0.2, 0.25) is 0 Å². The molecule has 3 rings (SSSR count). The van der Waals surface area contributed by atoms with Gasteiger partial charge in [0.2, 0.25) is 0 Å². The van der Waals surface area contributed by atoms with Crippen LogP contribution in [0.4, 0.5) is 11.5 Å². The summed E-state index contributed by atoms with van der Waals surface area (Å²) >= 11 is 0. The summed E-state index contributed by atoms with van der Waals surface area (Å²) in [5, 5.41) is 6.04. The summed E-state index contributed by atoms with van der Waals surface area (Å²) in [7, 11) is 3.11. The second kappa shape index (κ2) is 8.66. The molecule has 0 spiro atoms. The Hall–Kier alpha value is -3.61. The van der Waals surface area contributed by atoms with Gasteiger partial charge in [-0.25, -0.2) is 4.98 Å². The first-order valence-corrected chi connectivity index (χ1v) is 8.32. The minimum absolute atomic E-state index is 0.268. The number of nitrogens with one attached hydrogen (secondary N) is 2. The highest BCUT2D eigenvalue weighted by Crippen LogP contribution is 2.29. The maximum Gasteiger partial charge on any atom is 0.255 e. The van der Waals surface area contributed by atoms with Crippen molar-refractivity contribution in [1.82, 2.24) is 9.97 Å². The van der Waals surface area contributed by atoms with E-state index in [1.807, 2.05) is 12.1 Å². The van der Waals surface area contributed by atoms with E-state index >= 15 is 0 Å². The summed E-state index contributed by atoms with van der Waals surface area (Å²) in [6.07, 6.45) is 5.05. The number of methoxy groups -OCH3 is 2. The number of rotatable bonds is 7. The molecule has 0 fully saturated rings. The van der Waals surface area contributed by atoms with Gasteiger partial charge in [0.15, 0.2) is 0 Å². The predicted molar refractivity (Wildman–Crippen MR) is 103 cm³/mol. The van der Waals surface area contributed by atoms with Crippen molar-refractivity contribution >= 4 is 17.4 Å². The number of pyridine rings is 2. The third-order valence-electron chi connectivity index (χ3n) is 3.90. The Balaban J connectivity index is 1.72. The molecule has 0 bridgehead atoms. The summed E-state index contributed by atoms with van der Waals surface area (Å²) in [6, 6.07) is 12.4. The molecule has 7 heteroatoms. The molecule has 27 heavy (non-hydrogen) atoms. The van der Waals surface area contributed by atoms with Crippen LogP contribution in [-0.4, -0.2) is 30.1 Å². The molecule has 0 saturated heterocycles. The Morgan fingerprint density at radius 2 is 1.81 bits per heavy atom. The van der Waals surface area contributed by atoms with E-state index in [0.29, 0.717) is 35.1 Å². The number of hydrogen-bond donors (Lipinski definition) is 2. The zero-order valence-electron chi connectivity index (χ0n) is 15.1. The van der Waals surface area contributed by atoms with Crippen molar-refractivity contribution < 1.29 is 14.3 Å². The molecule has 138 valence electrons. The molecule has 0 unspecified atom stereocenters. The molecule has 2 aromatic heterocycles. The van der Waals surface area contributed by atoms with E-state index in [0.717, 1.165) is 5.56 Å². The number of hydrogen-bond acceptors (Lipinski definition) is 6. The van der Waals surface area contributed by atoms with E-state index in [4.69, 9.17) is 9.47 Å². The van der Waals surface area contributed by atoms with Crippen molar-refractivity contribution in [2.24, 2.45) is 0 Å².